The quantitative estimate of drug-likeness (QED) is 0.200. The fourth-order valence-electron chi connectivity index (χ4n) is 3.08. The van der Waals surface area contributed by atoms with Gasteiger partial charge in [-0.05, 0) is 48.5 Å². The maximum Gasteiger partial charge on any atom is 0.220 e. The van der Waals surface area contributed by atoms with Gasteiger partial charge in [0.25, 0.3) is 0 Å². The van der Waals surface area contributed by atoms with Crippen LogP contribution in [0.25, 0.3) is 0 Å². The van der Waals surface area contributed by atoms with Crippen LogP contribution in [0.15, 0.2) is 54.6 Å². The first-order valence-electron chi connectivity index (χ1n) is 10.9. The molecule has 0 bridgehead atoms. The van der Waals surface area contributed by atoms with Gasteiger partial charge in [0.05, 0.1) is 42.9 Å². The number of hydrogen-bond donors (Lipinski definition) is 4. The van der Waals surface area contributed by atoms with Crippen LogP contribution in [0.4, 0.5) is 4.39 Å². The summed E-state index contributed by atoms with van der Waals surface area (Å²) >= 11 is 12.1. The summed E-state index contributed by atoms with van der Waals surface area (Å²) in [4.78, 5) is 0. The van der Waals surface area contributed by atoms with E-state index in [4.69, 9.17) is 63.7 Å². The molecule has 0 saturated carbocycles. The van der Waals surface area contributed by atoms with Crippen molar-refractivity contribution in [3.05, 3.63) is 87.2 Å². The van der Waals surface area contributed by atoms with Crippen LogP contribution in [0.1, 0.15) is 16.7 Å². The van der Waals surface area contributed by atoms with E-state index in [-0.39, 0.29) is 70.7 Å². The number of hydrogen-bond acceptors (Lipinski definition) is 8. The van der Waals surface area contributed by atoms with E-state index in [1.807, 2.05) is 6.07 Å². The Morgan fingerprint density at radius 3 is 2.35 bits per heavy atom. The molecule has 0 fully saturated rings. The largest absolute Gasteiger partial charge is 0.493 e. The molecule has 0 aliphatic carbocycles. The maximum atomic E-state index is 15.2. The van der Waals surface area contributed by atoms with E-state index < -0.39 is 11.7 Å². The summed E-state index contributed by atoms with van der Waals surface area (Å²) in [5.41, 5.74) is 0.626. The third-order valence-corrected chi connectivity index (χ3v) is 5.56. The van der Waals surface area contributed by atoms with Crippen molar-refractivity contribution in [1.29, 1.82) is 16.1 Å². The molecular weight excluding hydrogens is 524 g/mol. The number of nitrogens with zero attached hydrogens (tertiary/aromatic N) is 1. The van der Waals surface area contributed by atoms with Crippen LogP contribution in [0.3, 0.4) is 0 Å². The molecule has 3 rings (SSSR count). The Morgan fingerprint density at radius 2 is 1.70 bits per heavy atom. The highest BCUT2D eigenvalue weighted by Gasteiger charge is 2.18. The third kappa shape index (κ3) is 7.65. The van der Waals surface area contributed by atoms with Crippen molar-refractivity contribution >= 4 is 35.0 Å². The highest BCUT2D eigenvalue weighted by atomic mass is 35.5. The van der Waals surface area contributed by atoms with E-state index >= 15 is 4.39 Å². The molecule has 0 amide bonds. The topological polar surface area (TPSA) is 140 Å². The second-order valence-electron chi connectivity index (χ2n) is 7.84. The Bertz CT molecular complexity index is 1330. The van der Waals surface area contributed by atoms with Crippen LogP contribution in [-0.2, 0) is 11.2 Å². The smallest absolute Gasteiger partial charge is 0.220 e. The molecule has 0 saturated heterocycles. The average molecular weight is 546 g/mol. The molecule has 11 heteroatoms. The second kappa shape index (κ2) is 13.0. The lowest BCUT2D eigenvalue weighted by molar-refractivity contribution is 0.106. The molecule has 0 aliphatic heterocycles. The summed E-state index contributed by atoms with van der Waals surface area (Å²) in [5.74, 6) is -1.65. The van der Waals surface area contributed by atoms with Crippen molar-refractivity contribution in [1.82, 2.24) is 0 Å². The van der Waals surface area contributed by atoms with E-state index in [1.165, 1.54) is 30.3 Å². The molecule has 4 N–H and O–H groups in total. The van der Waals surface area contributed by atoms with Crippen molar-refractivity contribution in [2.75, 3.05) is 19.8 Å². The highest BCUT2D eigenvalue weighted by molar-refractivity contribution is 6.32. The summed E-state index contributed by atoms with van der Waals surface area (Å²) in [6.07, 6.45) is -0.286. The van der Waals surface area contributed by atoms with Gasteiger partial charge in [0, 0.05) is 22.1 Å². The summed E-state index contributed by atoms with van der Waals surface area (Å²) in [5, 5.41) is 43.7. The number of nitrogens with one attached hydrogen (secondary N) is 2. The summed E-state index contributed by atoms with van der Waals surface area (Å²) in [6, 6.07) is 15.2. The van der Waals surface area contributed by atoms with E-state index in [0.29, 0.717) is 11.3 Å². The van der Waals surface area contributed by atoms with Crippen LogP contribution >= 0.6 is 23.2 Å². The molecule has 192 valence electrons. The second-order valence-corrected chi connectivity index (χ2v) is 8.68. The van der Waals surface area contributed by atoms with Crippen LogP contribution in [0.5, 0.6) is 17.2 Å². The number of aliphatic hydroxyl groups excluding tert-OH is 2. The average Bonchev–Trinajstić information content (AvgIpc) is 2.88. The van der Waals surface area contributed by atoms with Crippen LogP contribution in [0, 0.1) is 33.9 Å². The van der Waals surface area contributed by atoms with Gasteiger partial charge < -0.3 is 24.4 Å². The zero-order valence-corrected chi connectivity index (χ0v) is 20.8. The Morgan fingerprint density at radius 1 is 1.00 bits per heavy atom. The van der Waals surface area contributed by atoms with Crippen LogP contribution in [-0.4, -0.2) is 41.8 Å². The number of aliphatic hydroxyl groups is 2. The van der Waals surface area contributed by atoms with Gasteiger partial charge in [-0.25, -0.2) is 4.39 Å². The van der Waals surface area contributed by atoms with Gasteiger partial charge in [-0.1, -0.05) is 29.3 Å². The first kappa shape index (κ1) is 27.9. The Labute approximate surface area is 222 Å². The number of halogens is 3. The number of rotatable bonds is 10. The molecule has 3 aromatic rings. The molecule has 0 radical (unpaired) electrons. The van der Waals surface area contributed by atoms with E-state index in [2.05, 4.69) is 0 Å². The number of ether oxygens (including phenoxy) is 3. The van der Waals surface area contributed by atoms with E-state index in [0.717, 1.165) is 0 Å². The number of nitriles is 1. The first-order chi connectivity index (χ1) is 17.7. The van der Waals surface area contributed by atoms with Crippen molar-refractivity contribution in [2.24, 2.45) is 5.92 Å². The zero-order valence-electron chi connectivity index (χ0n) is 19.3. The first-order valence-corrected chi connectivity index (χ1v) is 11.6. The molecule has 0 aliphatic rings. The van der Waals surface area contributed by atoms with Crippen LogP contribution < -0.4 is 9.47 Å². The maximum absolute atomic E-state index is 15.2. The molecule has 8 nitrogen and oxygen atoms in total. The molecule has 0 unspecified atom stereocenters. The van der Waals surface area contributed by atoms with Gasteiger partial charge in [-0.2, -0.15) is 5.26 Å². The third-order valence-electron chi connectivity index (χ3n) is 5.04. The summed E-state index contributed by atoms with van der Waals surface area (Å²) < 4.78 is 31.5. The minimum absolute atomic E-state index is 0.0217. The standard InChI is InChI=1S/C26H22Cl2FN3O5/c27-19-7-15(11-30)8-21(10-19)36-25-22(28)6-3-18(24(25)29)9-23(31)37-26(32)17-1-4-20(5-2-17)35-14-16(12-33)13-34/h1-8,10,16,31-34H,9,12-14H2. The number of benzene rings is 3. The van der Waals surface area contributed by atoms with Crippen LogP contribution in [0.2, 0.25) is 10.0 Å². The van der Waals surface area contributed by atoms with Gasteiger partial charge in [0.1, 0.15) is 11.5 Å². The Kier molecular flexibility index (Phi) is 9.83. The lowest BCUT2D eigenvalue weighted by Gasteiger charge is -2.14. The summed E-state index contributed by atoms with van der Waals surface area (Å²) in [7, 11) is 0. The van der Waals surface area contributed by atoms with E-state index in [1.54, 1.807) is 24.3 Å². The van der Waals surface area contributed by atoms with Gasteiger partial charge in [0.15, 0.2) is 17.5 Å². The molecular formula is C26H22Cl2FN3O5. The lowest BCUT2D eigenvalue weighted by Crippen LogP contribution is -2.19. The van der Waals surface area contributed by atoms with Crippen molar-refractivity contribution in [2.45, 2.75) is 6.42 Å². The minimum Gasteiger partial charge on any atom is -0.493 e. The molecule has 0 atom stereocenters. The monoisotopic (exact) mass is 545 g/mol. The fourth-order valence-corrected chi connectivity index (χ4v) is 3.49. The van der Waals surface area contributed by atoms with Gasteiger partial charge in [-0.15, -0.1) is 0 Å². The fraction of sp³-hybridized carbons (Fsp3) is 0.192. The summed E-state index contributed by atoms with van der Waals surface area (Å²) in [6.45, 7) is -0.292. The van der Waals surface area contributed by atoms with Gasteiger partial charge in [0.2, 0.25) is 5.90 Å². The van der Waals surface area contributed by atoms with Crippen molar-refractivity contribution in [3.8, 4) is 23.3 Å². The highest BCUT2D eigenvalue weighted by Crippen LogP contribution is 2.35. The van der Waals surface area contributed by atoms with Gasteiger partial charge >= 0.3 is 0 Å². The Balaban J connectivity index is 1.65. The van der Waals surface area contributed by atoms with E-state index in [9.17, 15) is 0 Å². The zero-order chi connectivity index (χ0) is 26.9. The SMILES string of the molecule is N#Cc1cc(Cl)cc(Oc2c(Cl)ccc(CC(=N)OC(=N)c3ccc(OCC(CO)CO)cc3)c2F)c1. The normalized spacial score (nSPS) is 10.6. The minimum atomic E-state index is -0.823. The van der Waals surface area contributed by atoms with Gasteiger partial charge in [-0.3, -0.25) is 10.8 Å². The molecule has 0 spiro atoms. The molecule has 0 aromatic heterocycles. The predicted molar refractivity (Wildman–Crippen MR) is 137 cm³/mol. The molecule has 37 heavy (non-hydrogen) atoms. The van der Waals surface area contributed by atoms with Crippen molar-refractivity contribution < 1.29 is 28.8 Å². The molecule has 3 aromatic carbocycles. The van der Waals surface area contributed by atoms with Crippen molar-refractivity contribution in [3.63, 3.8) is 0 Å². The predicted octanol–water partition coefficient (Wildman–Crippen LogP) is 5.34. The lowest BCUT2D eigenvalue weighted by atomic mass is 10.1. The molecule has 0 heterocycles. The Hall–Kier alpha value is -3.68.